The van der Waals surface area contributed by atoms with Gasteiger partial charge < -0.3 is 15.0 Å². The first-order valence-corrected chi connectivity index (χ1v) is 7.12. The molecule has 0 aromatic rings. The number of nitrogens with one attached hydrogen (secondary N) is 1. The van der Waals surface area contributed by atoms with Crippen LogP contribution in [-0.4, -0.2) is 48.7 Å². The summed E-state index contributed by atoms with van der Waals surface area (Å²) in [6.45, 7) is 9.72. The quantitative estimate of drug-likeness (QED) is 0.810. The molecule has 2 atom stereocenters. The lowest BCUT2D eigenvalue weighted by Gasteiger charge is -2.42. The summed E-state index contributed by atoms with van der Waals surface area (Å²) in [5, 5.41) is 3.37. The van der Waals surface area contributed by atoms with E-state index in [9.17, 15) is 4.79 Å². The second-order valence-electron chi connectivity index (χ2n) is 6.38. The van der Waals surface area contributed by atoms with Gasteiger partial charge in [-0.25, -0.2) is 0 Å². The Hall–Kier alpha value is -0.610. The van der Waals surface area contributed by atoms with E-state index < -0.39 is 0 Å². The van der Waals surface area contributed by atoms with Crippen molar-refractivity contribution in [3.63, 3.8) is 0 Å². The summed E-state index contributed by atoms with van der Waals surface area (Å²) < 4.78 is 5.84. The summed E-state index contributed by atoms with van der Waals surface area (Å²) in [7, 11) is 0. The smallest absolute Gasteiger partial charge is 0.223 e. The van der Waals surface area contributed by atoms with Crippen molar-refractivity contribution in [1.82, 2.24) is 10.2 Å². The highest BCUT2D eigenvalue weighted by Gasteiger charge is 2.34. The summed E-state index contributed by atoms with van der Waals surface area (Å²) in [6.07, 6.45) is 3.21. The third kappa shape index (κ3) is 3.69. The van der Waals surface area contributed by atoms with Crippen LogP contribution < -0.4 is 5.32 Å². The zero-order valence-corrected chi connectivity index (χ0v) is 11.9. The monoisotopic (exact) mass is 254 g/mol. The van der Waals surface area contributed by atoms with Crippen LogP contribution in [0, 0.1) is 5.92 Å². The third-order valence-electron chi connectivity index (χ3n) is 3.78. The number of hydrogen-bond acceptors (Lipinski definition) is 3. The molecule has 2 aliphatic rings. The molecule has 2 fully saturated rings. The number of carbonyl (C=O) groups excluding carboxylic acids is 1. The van der Waals surface area contributed by atoms with Crippen molar-refractivity contribution >= 4 is 5.91 Å². The number of hydrogen-bond donors (Lipinski definition) is 1. The fourth-order valence-corrected chi connectivity index (χ4v) is 3.12. The van der Waals surface area contributed by atoms with E-state index in [-0.39, 0.29) is 11.7 Å². The second-order valence-corrected chi connectivity index (χ2v) is 6.38. The molecule has 18 heavy (non-hydrogen) atoms. The zero-order chi connectivity index (χ0) is 13.2. The molecule has 2 saturated heterocycles. The van der Waals surface area contributed by atoms with E-state index in [1.807, 2.05) is 11.8 Å². The fraction of sp³-hybridized carbons (Fsp3) is 0.929. The van der Waals surface area contributed by atoms with Gasteiger partial charge in [0.15, 0.2) is 0 Å². The molecule has 2 unspecified atom stereocenters. The molecule has 0 radical (unpaired) electrons. The van der Waals surface area contributed by atoms with E-state index >= 15 is 0 Å². The van der Waals surface area contributed by atoms with Crippen molar-refractivity contribution in [1.29, 1.82) is 0 Å². The van der Waals surface area contributed by atoms with Gasteiger partial charge in [0.2, 0.25) is 5.91 Å². The van der Waals surface area contributed by atoms with E-state index in [0.29, 0.717) is 18.2 Å². The molecule has 2 heterocycles. The number of ether oxygens (including phenoxy) is 1. The Morgan fingerprint density at radius 1 is 1.50 bits per heavy atom. The normalized spacial score (nSPS) is 32.3. The van der Waals surface area contributed by atoms with Gasteiger partial charge in [-0.3, -0.25) is 4.79 Å². The van der Waals surface area contributed by atoms with Crippen molar-refractivity contribution < 1.29 is 9.53 Å². The van der Waals surface area contributed by atoms with Crippen LogP contribution in [0.5, 0.6) is 0 Å². The number of nitrogens with zero attached hydrogens (tertiary/aromatic N) is 1. The molecule has 2 aliphatic heterocycles. The van der Waals surface area contributed by atoms with Crippen LogP contribution >= 0.6 is 0 Å². The predicted molar refractivity (Wildman–Crippen MR) is 71.4 cm³/mol. The van der Waals surface area contributed by atoms with E-state index in [1.165, 1.54) is 12.8 Å². The molecule has 1 N–H and O–H groups in total. The summed E-state index contributed by atoms with van der Waals surface area (Å²) in [6, 6.07) is 0. The molecule has 0 saturated carbocycles. The lowest BCUT2D eigenvalue weighted by Crippen LogP contribution is -2.54. The molecule has 4 nitrogen and oxygen atoms in total. The molecule has 0 aromatic heterocycles. The molecular formula is C14H26N2O2. The first kappa shape index (κ1) is 13.8. The average Bonchev–Trinajstić information content (AvgIpc) is 2.27. The fourth-order valence-electron chi connectivity index (χ4n) is 3.12. The van der Waals surface area contributed by atoms with Gasteiger partial charge >= 0.3 is 0 Å². The van der Waals surface area contributed by atoms with E-state index in [2.05, 4.69) is 19.2 Å². The molecule has 0 aromatic carbocycles. The maximum absolute atomic E-state index is 12.3. The SMILES string of the molecule is CC1CN(C(=O)CC2CCCNC2)CC(C)(C)O1. The minimum Gasteiger partial charge on any atom is -0.369 e. The molecular weight excluding hydrogens is 228 g/mol. The number of piperidine rings is 1. The summed E-state index contributed by atoms with van der Waals surface area (Å²) in [4.78, 5) is 14.3. The van der Waals surface area contributed by atoms with Gasteiger partial charge in [-0.15, -0.1) is 0 Å². The first-order chi connectivity index (χ1) is 8.46. The minimum atomic E-state index is -0.210. The van der Waals surface area contributed by atoms with E-state index in [4.69, 9.17) is 4.74 Å². The molecule has 0 aliphatic carbocycles. The van der Waals surface area contributed by atoms with Gasteiger partial charge in [0.25, 0.3) is 0 Å². The van der Waals surface area contributed by atoms with Gasteiger partial charge in [-0.05, 0) is 52.6 Å². The maximum Gasteiger partial charge on any atom is 0.223 e. The van der Waals surface area contributed by atoms with Gasteiger partial charge in [-0.2, -0.15) is 0 Å². The molecule has 1 amide bonds. The van der Waals surface area contributed by atoms with Crippen molar-refractivity contribution in [3.05, 3.63) is 0 Å². The van der Waals surface area contributed by atoms with Crippen molar-refractivity contribution in [2.75, 3.05) is 26.2 Å². The van der Waals surface area contributed by atoms with Crippen LogP contribution in [0.1, 0.15) is 40.0 Å². The van der Waals surface area contributed by atoms with Crippen LogP contribution in [0.4, 0.5) is 0 Å². The molecule has 2 rings (SSSR count). The molecule has 0 spiro atoms. The van der Waals surface area contributed by atoms with Crippen molar-refractivity contribution in [3.8, 4) is 0 Å². The van der Waals surface area contributed by atoms with Crippen LogP contribution in [-0.2, 0) is 9.53 Å². The van der Waals surface area contributed by atoms with E-state index in [1.54, 1.807) is 0 Å². The Morgan fingerprint density at radius 3 is 2.89 bits per heavy atom. The summed E-state index contributed by atoms with van der Waals surface area (Å²) >= 11 is 0. The number of rotatable bonds is 2. The predicted octanol–water partition coefficient (Wildman–Crippen LogP) is 1.40. The Labute approximate surface area is 110 Å². The third-order valence-corrected chi connectivity index (χ3v) is 3.78. The Kier molecular flexibility index (Phi) is 4.28. The summed E-state index contributed by atoms with van der Waals surface area (Å²) in [5.74, 6) is 0.819. The number of morpholine rings is 1. The van der Waals surface area contributed by atoms with Crippen molar-refractivity contribution in [2.24, 2.45) is 5.92 Å². The lowest BCUT2D eigenvalue weighted by atomic mass is 9.95. The van der Waals surface area contributed by atoms with Crippen LogP contribution in [0.3, 0.4) is 0 Å². The summed E-state index contributed by atoms with van der Waals surface area (Å²) in [5.41, 5.74) is -0.210. The highest BCUT2D eigenvalue weighted by Crippen LogP contribution is 2.23. The lowest BCUT2D eigenvalue weighted by molar-refractivity contribution is -0.159. The molecule has 4 heteroatoms. The van der Waals surface area contributed by atoms with Gasteiger partial charge in [0.1, 0.15) is 0 Å². The Balaban J connectivity index is 1.87. The van der Waals surface area contributed by atoms with Crippen LogP contribution in [0.15, 0.2) is 0 Å². The largest absolute Gasteiger partial charge is 0.369 e. The Morgan fingerprint density at radius 2 is 2.28 bits per heavy atom. The highest BCUT2D eigenvalue weighted by molar-refractivity contribution is 5.76. The molecule has 0 bridgehead atoms. The zero-order valence-electron chi connectivity index (χ0n) is 11.9. The van der Waals surface area contributed by atoms with Crippen LogP contribution in [0.25, 0.3) is 0 Å². The van der Waals surface area contributed by atoms with Gasteiger partial charge in [0, 0.05) is 19.5 Å². The second kappa shape index (κ2) is 5.57. The number of amides is 1. The van der Waals surface area contributed by atoms with Gasteiger partial charge in [0.05, 0.1) is 11.7 Å². The minimum absolute atomic E-state index is 0.141. The van der Waals surface area contributed by atoms with Gasteiger partial charge in [-0.1, -0.05) is 0 Å². The maximum atomic E-state index is 12.3. The topological polar surface area (TPSA) is 41.6 Å². The number of carbonyl (C=O) groups is 1. The first-order valence-electron chi connectivity index (χ1n) is 7.12. The Bertz CT molecular complexity index is 298. The van der Waals surface area contributed by atoms with E-state index in [0.717, 1.165) is 26.2 Å². The van der Waals surface area contributed by atoms with Crippen LogP contribution in [0.2, 0.25) is 0 Å². The highest BCUT2D eigenvalue weighted by atomic mass is 16.5. The average molecular weight is 254 g/mol. The standard InChI is InChI=1S/C14H26N2O2/c1-11-9-16(10-14(2,3)18-11)13(17)7-12-5-4-6-15-8-12/h11-12,15H,4-10H2,1-3H3. The molecule has 104 valence electrons. The van der Waals surface area contributed by atoms with Crippen molar-refractivity contribution in [2.45, 2.75) is 51.7 Å².